The van der Waals surface area contributed by atoms with Gasteiger partial charge in [0.05, 0.1) is 13.2 Å². The summed E-state index contributed by atoms with van der Waals surface area (Å²) in [6.45, 7) is 0.729. The summed E-state index contributed by atoms with van der Waals surface area (Å²) >= 11 is 0. The zero-order chi connectivity index (χ0) is 14.7. The zero-order valence-electron chi connectivity index (χ0n) is 12.3. The van der Waals surface area contributed by atoms with Crippen molar-refractivity contribution < 1.29 is 9.53 Å². The maximum Gasteiger partial charge on any atom is 0.241 e. The molecular weight excluding hydrogens is 300 g/mol. The number of halogens is 1. The lowest BCUT2D eigenvalue weighted by atomic mass is 9.95. The van der Waals surface area contributed by atoms with Crippen LogP contribution in [0.3, 0.4) is 0 Å². The van der Waals surface area contributed by atoms with E-state index in [4.69, 9.17) is 4.74 Å². The second kappa shape index (κ2) is 7.29. The van der Waals surface area contributed by atoms with Crippen LogP contribution in [0.25, 0.3) is 0 Å². The van der Waals surface area contributed by atoms with E-state index in [0.717, 1.165) is 18.0 Å². The van der Waals surface area contributed by atoms with E-state index in [1.54, 1.807) is 7.11 Å². The van der Waals surface area contributed by atoms with Crippen molar-refractivity contribution >= 4 is 24.0 Å². The quantitative estimate of drug-likeness (QED) is 0.915. The van der Waals surface area contributed by atoms with Crippen molar-refractivity contribution in [2.45, 2.75) is 19.0 Å². The lowest BCUT2D eigenvalue weighted by Gasteiger charge is -2.25. The number of ether oxygens (including phenoxy) is 1. The van der Waals surface area contributed by atoms with Crippen LogP contribution in [0.4, 0.5) is 5.69 Å². The largest absolute Gasteiger partial charge is 0.497 e. The third-order valence-electron chi connectivity index (χ3n) is 3.74. The van der Waals surface area contributed by atoms with Crippen molar-refractivity contribution in [2.24, 2.45) is 0 Å². The Kier molecular flexibility index (Phi) is 5.41. The highest BCUT2D eigenvalue weighted by Crippen LogP contribution is 2.19. The first-order chi connectivity index (χ1) is 10.3. The molecule has 0 spiro atoms. The maximum atomic E-state index is 12.4. The molecule has 5 heteroatoms. The van der Waals surface area contributed by atoms with Gasteiger partial charge in [0, 0.05) is 18.3 Å². The van der Waals surface area contributed by atoms with Gasteiger partial charge in [-0.05, 0) is 29.7 Å². The van der Waals surface area contributed by atoms with Crippen molar-refractivity contribution in [1.82, 2.24) is 5.32 Å². The number of nitrogens with one attached hydrogen (secondary N) is 2. The Morgan fingerprint density at radius 1 is 1.18 bits per heavy atom. The Morgan fingerprint density at radius 3 is 2.73 bits per heavy atom. The second-order valence-corrected chi connectivity index (χ2v) is 5.13. The van der Waals surface area contributed by atoms with Crippen LogP contribution in [0, 0.1) is 0 Å². The number of amides is 1. The molecule has 2 N–H and O–H groups in total. The van der Waals surface area contributed by atoms with Crippen molar-refractivity contribution in [3.8, 4) is 5.75 Å². The highest BCUT2D eigenvalue weighted by Gasteiger charge is 2.23. The van der Waals surface area contributed by atoms with Crippen molar-refractivity contribution in [2.75, 3.05) is 12.4 Å². The summed E-state index contributed by atoms with van der Waals surface area (Å²) in [4.78, 5) is 12.4. The minimum atomic E-state index is -0.203. The van der Waals surface area contributed by atoms with Crippen LogP contribution in [-0.2, 0) is 17.8 Å². The number of hydrogen-bond acceptors (Lipinski definition) is 3. The van der Waals surface area contributed by atoms with Gasteiger partial charge in [0.1, 0.15) is 5.75 Å². The zero-order valence-corrected chi connectivity index (χ0v) is 13.2. The fourth-order valence-corrected chi connectivity index (χ4v) is 2.57. The molecule has 0 saturated heterocycles. The van der Waals surface area contributed by atoms with Gasteiger partial charge in [0.2, 0.25) is 5.91 Å². The van der Waals surface area contributed by atoms with E-state index in [1.165, 1.54) is 11.1 Å². The Morgan fingerprint density at radius 2 is 1.95 bits per heavy atom. The summed E-state index contributed by atoms with van der Waals surface area (Å²) in [5, 5.41) is 6.22. The van der Waals surface area contributed by atoms with Gasteiger partial charge in [-0.25, -0.2) is 0 Å². The summed E-state index contributed by atoms with van der Waals surface area (Å²) in [6, 6.07) is 15.4. The Bertz CT molecular complexity index is 661. The fourth-order valence-electron chi connectivity index (χ4n) is 2.57. The highest BCUT2D eigenvalue weighted by atomic mass is 35.5. The van der Waals surface area contributed by atoms with Gasteiger partial charge >= 0.3 is 0 Å². The first-order valence-electron chi connectivity index (χ1n) is 7.01. The van der Waals surface area contributed by atoms with E-state index in [2.05, 4.69) is 22.8 Å². The SMILES string of the molecule is COc1cccc(NC(=O)[C@@H]2Cc3ccccc3CN2)c1.Cl. The van der Waals surface area contributed by atoms with Crippen LogP contribution in [0.1, 0.15) is 11.1 Å². The molecule has 0 saturated carbocycles. The number of carbonyl (C=O) groups excluding carboxylic acids is 1. The summed E-state index contributed by atoms with van der Waals surface area (Å²) < 4.78 is 5.16. The fraction of sp³-hybridized carbons (Fsp3) is 0.235. The normalized spacial score (nSPS) is 16.1. The molecule has 3 rings (SSSR count). The number of benzene rings is 2. The first kappa shape index (κ1) is 16.3. The molecule has 1 aliphatic heterocycles. The number of rotatable bonds is 3. The van der Waals surface area contributed by atoms with Gasteiger partial charge in [-0.15, -0.1) is 12.4 Å². The number of anilines is 1. The van der Waals surface area contributed by atoms with Gasteiger partial charge in [0.15, 0.2) is 0 Å². The molecule has 4 nitrogen and oxygen atoms in total. The minimum absolute atomic E-state index is 0. The lowest BCUT2D eigenvalue weighted by molar-refractivity contribution is -0.118. The van der Waals surface area contributed by atoms with Crippen LogP contribution in [0.15, 0.2) is 48.5 Å². The predicted molar refractivity (Wildman–Crippen MR) is 89.6 cm³/mol. The summed E-state index contributed by atoms with van der Waals surface area (Å²) in [5.41, 5.74) is 3.25. The third kappa shape index (κ3) is 3.59. The van der Waals surface area contributed by atoms with Crippen molar-refractivity contribution in [3.05, 3.63) is 59.7 Å². The van der Waals surface area contributed by atoms with Gasteiger partial charge in [-0.3, -0.25) is 4.79 Å². The molecule has 0 aliphatic carbocycles. The molecule has 0 bridgehead atoms. The van der Waals surface area contributed by atoms with Gasteiger partial charge in [-0.1, -0.05) is 30.3 Å². The number of carbonyl (C=O) groups is 1. The van der Waals surface area contributed by atoms with Gasteiger partial charge < -0.3 is 15.4 Å². The van der Waals surface area contributed by atoms with E-state index >= 15 is 0 Å². The highest BCUT2D eigenvalue weighted by molar-refractivity contribution is 5.95. The Labute approximate surface area is 136 Å². The van der Waals surface area contributed by atoms with Gasteiger partial charge in [0.25, 0.3) is 0 Å². The molecule has 1 atom stereocenters. The van der Waals surface area contributed by atoms with E-state index < -0.39 is 0 Å². The predicted octanol–water partition coefficient (Wildman–Crippen LogP) is 2.77. The third-order valence-corrected chi connectivity index (χ3v) is 3.74. The van der Waals surface area contributed by atoms with E-state index in [0.29, 0.717) is 6.42 Å². The Balaban J connectivity index is 0.00000176. The summed E-state index contributed by atoms with van der Waals surface area (Å²) in [6.07, 6.45) is 0.714. The minimum Gasteiger partial charge on any atom is -0.497 e. The molecule has 0 radical (unpaired) electrons. The van der Waals surface area contributed by atoms with Crippen LogP contribution >= 0.6 is 12.4 Å². The van der Waals surface area contributed by atoms with Crippen LogP contribution < -0.4 is 15.4 Å². The van der Waals surface area contributed by atoms with Crippen LogP contribution in [0.2, 0.25) is 0 Å². The maximum absolute atomic E-state index is 12.4. The van der Waals surface area contributed by atoms with E-state index in [1.807, 2.05) is 36.4 Å². The molecular formula is C17H19ClN2O2. The summed E-state index contributed by atoms with van der Waals surface area (Å²) in [5.74, 6) is 0.715. The second-order valence-electron chi connectivity index (χ2n) is 5.13. The molecule has 116 valence electrons. The molecule has 2 aromatic carbocycles. The van der Waals surface area contributed by atoms with Crippen molar-refractivity contribution in [1.29, 1.82) is 0 Å². The standard InChI is InChI=1S/C17H18N2O2.ClH/c1-21-15-8-4-7-14(10-15)19-17(20)16-9-12-5-2-3-6-13(12)11-18-16;/h2-8,10,16,18H,9,11H2,1H3,(H,19,20);1H/t16-;/m0./s1. The lowest BCUT2D eigenvalue weighted by Crippen LogP contribution is -2.44. The number of fused-ring (bicyclic) bond motifs is 1. The molecule has 0 aromatic heterocycles. The molecule has 2 aromatic rings. The molecule has 1 aliphatic rings. The van der Waals surface area contributed by atoms with Gasteiger partial charge in [-0.2, -0.15) is 0 Å². The Hall–Kier alpha value is -2.04. The summed E-state index contributed by atoms with van der Waals surface area (Å²) in [7, 11) is 1.61. The molecule has 0 unspecified atom stereocenters. The van der Waals surface area contributed by atoms with Crippen LogP contribution in [0.5, 0.6) is 5.75 Å². The molecule has 1 heterocycles. The van der Waals surface area contributed by atoms with Crippen LogP contribution in [-0.4, -0.2) is 19.1 Å². The van der Waals surface area contributed by atoms with Crippen molar-refractivity contribution in [3.63, 3.8) is 0 Å². The first-order valence-corrected chi connectivity index (χ1v) is 7.01. The average Bonchev–Trinajstić information content (AvgIpc) is 2.54. The monoisotopic (exact) mass is 318 g/mol. The molecule has 0 fully saturated rings. The molecule has 1 amide bonds. The van der Waals surface area contributed by atoms with E-state index in [-0.39, 0.29) is 24.4 Å². The smallest absolute Gasteiger partial charge is 0.241 e. The topological polar surface area (TPSA) is 50.4 Å². The van der Waals surface area contributed by atoms with E-state index in [9.17, 15) is 4.79 Å². The molecule has 22 heavy (non-hydrogen) atoms. The average molecular weight is 319 g/mol. The number of hydrogen-bond donors (Lipinski definition) is 2. The number of methoxy groups -OCH3 is 1.